The molecule has 0 unspecified atom stereocenters. The standard InChI is InChI=1S/C10H16N4O3/c1-2-4-12(8-9-15)6-7-13-5-3-10(11-13)14(16)17/h2-3,5,15H,1,4,6-9H2. The molecule has 0 radical (unpaired) electrons. The van der Waals surface area contributed by atoms with Crippen LogP contribution in [0, 0.1) is 10.1 Å². The highest BCUT2D eigenvalue weighted by Crippen LogP contribution is 2.05. The first-order chi connectivity index (χ1) is 8.17. The van der Waals surface area contributed by atoms with Crippen LogP contribution in [0.4, 0.5) is 5.82 Å². The lowest BCUT2D eigenvalue weighted by molar-refractivity contribution is -0.389. The van der Waals surface area contributed by atoms with Crippen LogP contribution in [-0.4, -0.2) is 51.0 Å². The molecule has 1 aromatic rings. The van der Waals surface area contributed by atoms with Crippen molar-refractivity contribution in [2.75, 3.05) is 26.2 Å². The Morgan fingerprint density at radius 2 is 2.41 bits per heavy atom. The van der Waals surface area contributed by atoms with Crippen molar-refractivity contribution in [2.45, 2.75) is 6.54 Å². The van der Waals surface area contributed by atoms with E-state index in [1.807, 2.05) is 4.90 Å². The van der Waals surface area contributed by atoms with Gasteiger partial charge in [0.15, 0.2) is 0 Å². The molecule has 0 saturated carbocycles. The highest BCUT2D eigenvalue weighted by Gasteiger charge is 2.11. The van der Waals surface area contributed by atoms with Crippen molar-refractivity contribution in [1.29, 1.82) is 0 Å². The normalized spacial score (nSPS) is 10.7. The van der Waals surface area contributed by atoms with E-state index in [-0.39, 0.29) is 12.4 Å². The molecule has 7 heteroatoms. The summed E-state index contributed by atoms with van der Waals surface area (Å²) in [7, 11) is 0. The molecule has 0 aromatic carbocycles. The lowest BCUT2D eigenvalue weighted by Crippen LogP contribution is -2.30. The molecular formula is C10H16N4O3. The van der Waals surface area contributed by atoms with Crippen LogP contribution in [-0.2, 0) is 6.54 Å². The molecule has 0 atom stereocenters. The maximum Gasteiger partial charge on any atom is 0.389 e. The summed E-state index contributed by atoms with van der Waals surface area (Å²) in [6.07, 6.45) is 3.32. The summed E-state index contributed by atoms with van der Waals surface area (Å²) in [5.74, 6) is -0.151. The van der Waals surface area contributed by atoms with Gasteiger partial charge in [0.1, 0.15) is 0 Å². The van der Waals surface area contributed by atoms with Gasteiger partial charge in [-0.3, -0.25) is 4.90 Å². The van der Waals surface area contributed by atoms with Crippen molar-refractivity contribution in [2.24, 2.45) is 0 Å². The zero-order chi connectivity index (χ0) is 12.7. The zero-order valence-corrected chi connectivity index (χ0v) is 9.53. The Morgan fingerprint density at radius 1 is 1.65 bits per heavy atom. The Hall–Kier alpha value is -1.73. The highest BCUT2D eigenvalue weighted by atomic mass is 16.6. The molecule has 0 fully saturated rings. The molecular weight excluding hydrogens is 224 g/mol. The molecule has 0 saturated heterocycles. The second-order valence-corrected chi connectivity index (χ2v) is 3.51. The average Bonchev–Trinajstić information content (AvgIpc) is 2.75. The second kappa shape index (κ2) is 6.77. The zero-order valence-electron chi connectivity index (χ0n) is 9.53. The van der Waals surface area contributed by atoms with Gasteiger partial charge in [0.2, 0.25) is 0 Å². The van der Waals surface area contributed by atoms with E-state index in [9.17, 15) is 10.1 Å². The fraction of sp³-hybridized carbons (Fsp3) is 0.500. The third-order valence-electron chi connectivity index (χ3n) is 2.26. The van der Waals surface area contributed by atoms with Gasteiger partial charge in [-0.1, -0.05) is 6.08 Å². The molecule has 1 aromatic heterocycles. The van der Waals surface area contributed by atoms with Crippen LogP contribution in [0.25, 0.3) is 0 Å². The number of nitrogens with zero attached hydrogens (tertiary/aromatic N) is 4. The summed E-state index contributed by atoms with van der Waals surface area (Å²) in [5, 5.41) is 23.1. The van der Waals surface area contributed by atoms with Gasteiger partial charge in [0.05, 0.1) is 30.5 Å². The quantitative estimate of drug-likeness (QED) is 0.400. The van der Waals surface area contributed by atoms with E-state index < -0.39 is 4.92 Å². The van der Waals surface area contributed by atoms with Crippen LogP contribution < -0.4 is 0 Å². The van der Waals surface area contributed by atoms with Gasteiger partial charge in [-0.15, -0.1) is 6.58 Å². The number of aliphatic hydroxyl groups excluding tert-OH is 1. The SMILES string of the molecule is C=CCN(CCO)CCn1ccc([N+](=O)[O-])n1. The van der Waals surface area contributed by atoms with E-state index in [2.05, 4.69) is 11.7 Å². The van der Waals surface area contributed by atoms with E-state index in [4.69, 9.17) is 5.11 Å². The first kappa shape index (κ1) is 13.3. The van der Waals surface area contributed by atoms with Crippen LogP contribution in [0.2, 0.25) is 0 Å². The predicted molar refractivity (Wildman–Crippen MR) is 62.6 cm³/mol. The Balaban J connectivity index is 2.46. The van der Waals surface area contributed by atoms with E-state index in [1.54, 1.807) is 12.3 Å². The third kappa shape index (κ3) is 4.33. The highest BCUT2D eigenvalue weighted by molar-refractivity contribution is 5.13. The number of nitro groups is 1. The monoisotopic (exact) mass is 240 g/mol. The van der Waals surface area contributed by atoms with E-state index in [0.717, 1.165) is 0 Å². The van der Waals surface area contributed by atoms with Gasteiger partial charge in [0, 0.05) is 19.6 Å². The fourth-order valence-electron chi connectivity index (χ4n) is 1.44. The maximum absolute atomic E-state index is 10.4. The maximum atomic E-state index is 10.4. The minimum Gasteiger partial charge on any atom is -0.395 e. The first-order valence-electron chi connectivity index (χ1n) is 5.29. The minimum absolute atomic E-state index is 0.0765. The number of aromatic nitrogens is 2. The topological polar surface area (TPSA) is 84.4 Å². The van der Waals surface area contributed by atoms with E-state index in [0.29, 0.717) is 26.2 Å². The van der Waals surface area contributed by atoms with Gasteiger partial charge < -0.3 is 15.2 Å². The van der Waals surface area contributed by atoms with Gasteiger partial charge >= 0.3 is 5.82 Å². The summed E-state index contributed by atoms with van der Waals surface area (Å²) in [6, 6.07) is 1.36. The summed E-state index contributed by atoms with van der Waals surface area (Å²) < 4.78 is 1.52. The predicted octanol–water partition coefficient (Wildman–Crippen LogP) is 0.272. The van der Waals surface area contributed by atoms with Crippen molar-refractivity contribution in [3.63, 3.8) is 0 Å². The van der Waals surface area contributed by atoms with Crippen LogP contribution in [0.15, 0.2) is 24.9 Å². The van der Waals surface area contributed by atoms with Crippen molar-refractivity contribution in [1.82, 2.24) is 14.7 Å². The molecule has 0 aliphatic rings. The van der Waals surface area contributed by atoms with Gasteiger partial charge in [-0.2, -0.15) is 4.68 Å². The lowest BCUT2D eigenvalue weighted by atomic mass is 10.4. The van der Waals surface area contributed by atoms with Crippen molar-refractivity contribution in [3.8, 4) is 0 Å². The molecule has 0 aliphatic carbocycles. The Labute approximate surface area is 99.1 Å². The van der Waals surface area contributed by atoms with Crippen LogP contribution in [0.5, 0.6) is 0 Å². The number of aliphatic hydroxyl groups is 1. The molecule has 0 bridgehead atoms. The van der Waals surface area contributed by atoms with Crippen LogP contribution >= 0.6 is 0 Å². The molecule has 1 heterocycles. The molecule has 0 aliphatic heterocycles. The third-order valence-corrected chi connectivity index (χ3v) is 2.26. The Bertz CT molecular complexity index is 377. The molecule has 94 valence electrons. The smallest absolute Gasteiger partial charge is 0.389 e. The molecule has 1 N–H and O–H groups in total. The summed E-state index contributed by atoms with van der Waals surface area (Å²) in [5.41, 5.74) is 0. The van der Waals surface area contributed by atoms with Crippen molar-refractivity contribution < 1.29 is 10.0 Å². The fourth-order valence-corrected chi connectivity index (χ4v) is 1.44. The first-order valence-corrected chi connectivity index (χ1v) is 5.29. The van der Waals surface area contributed by atoms with Crippen molar-refractivity contribution in [3.05, 3.63) is 35.0 Å². The summed E-state index contributed by atoms with van der Waals surface area (Å²) in [6.45, 7) is 6.13. The summed E-state index contributed by atoms with van der Waals surface area (Å²) >= 11 is 0. The van der Waals surface area contributed by atoms with E-state index in [1.165, 1.54) is 10.7 Å². The van der Waals surface area contributed by atoms with E-state index >= 15 is 0 Å². The van der Waals surface area contributed by atoms with Crippen molar-refractivity contribution >= 4 is 5.82 Å². The molecule has 0 spiro atoms. The molecule has 7 nitrogen and oxygen atoms in total. The molecule has 17 heavy (non-hydrogen) atoms. The lowest BCUT2D eigenvalue weighted by Gasteiger charge is -2.18. The largest absolute Gasteiger partial charge is 0.395 e. The summed E-state index contributed by atoms with van der Waals surface area (Å²) in [4.78, 5) is 11.9. The van der Waals surface area contributed by atoms with Crippen LogP contribution in [0.1, 0.15) is 0 Å². The Morgan fingerprint density at radius 3 is 2.94 bits per heavy atom. The average molecular weight is 240 g/mol. The van der Waals surface area contributed by atoms with Gasteiger partial charge in [0.25, 0.3) is 0 Å². The molecule has 0 amide bonds. The van der Waals surface area contributed by atoms with Gasteiger partial charge in [-0.25, -0.2) is 0 Å². The Kier molecular flexibility index (Phi) is 5.31. The molecule has 1 rings (SSSR count). The van der Waals surface area contributed by atoms with Gasteiger partial charge in [-0.05, 0) is 4.92 Å². The number of rotatable bonds is 8. The minimum atomic E-state index is -0.522. The second-order valence-electron chi connectivity index (χ2n) is 3.51. The number of hydrogen-bond donors (Lipinski definition) is 1. The number of hydrogen-bond acceptors (Lipinski definition) is 5. The van der Waals surface area contributed by atoms with Crippen LogP contribution in [0.3, 0.4) is 0 Å².